The predicted molar refractivity (Wildman–Crippen MR) is 91.2 cm³/mol. The summed E-state index contributed by atoms with van der Waals surface area (Å²) in [5, 5.41) is 12.1. The van der Waals surface area contributed by atoms with E-state index in [0.717, 1.165) is 11.1 Å². The van der Waals surface area contributed by atoms with Gasteiger partial charge in [-0.05, 0) is 49.2 Å². The number of aryl methyl sites for hydroxylation is 2. The number of para-hydroxylation sites is 1. The number of hydrogen-bond donors (Lipinski definition) is 2. The first-order valence-electron chi connectivity index (χ1n) is 7.50. The lowest BCUT2D eigenvalue weighted by Crippen LogP contribution is -2.19. The number of carbonyl (C=O) groups is 2. The standard InChI is InChI=1S/C18H17N3O3/c1-11-6-7-13(8-12(11)2)20-16(22)9-21-10-19-15-5-3-4-14(17(15)21)18(23)24/h3-8,10H,9H2,1-2H3,(H,20,22)(H,23,24). The van der Waals surface area contributed by atoms with Gasteiger partial charge in [-0.2, -0.15) is 0 Å². The van der Waals surface area contributed by atoms with Crippen LogP contribution in [0.2, 0.25) is 0 Å². The van der Waals surface area contributed by atoms with Gasteiger partial charge in [0.2, 0.25) is 5.91 Å². The number of rotatable bonds is 4. The minimum atomic E-state index is -1.04. The van der Waals surface area contributed by atoms with Crippen LogP contribution in [0.1, 0.15) is 21.5 Å². The number of amides is 1. The molecule has 0 unspecified atom stereocenters. The van der Waals surface area contributed by atoms with E-state index in [1.165, 1.54) is 12.4 Å². The van der Waals surface area contributed by atoms with Crippen molar-refractivity contribution in [3.05, 3.63) is 59.4 Å². The van der Waals surface area contributed by atoms with Crippen LogP contribution in [0.25, 0.3) is 11.0 Å². The second-order valence-corrected chi connectivity index (χ2v) is 5.70. The summed E-state index contributed by atoms with van der Waals surface area (Å²) in [6, 6.07) is 10.6. The number of carbonyl (C=O) groups excluding carboxylic acids is 1. The van der Waals surface area contributed by atoms with Crippen LogP contribution in [0.5, 0.6) is 0 Å². The van der Waals surface area contributed by atoms with Gasteiger partial charge in [-0.25, -0.2) is 9.78 Å². The van der Waals surface area contributed by atoms with Gasteiger partial charge in [-0.3, -0.25) is 4.79 Å². The summed E-state index contributed by atoms with van der Waals surface area (Å²) < 4.78 is 1.55. The Kier molecular flexibility index (Phi) is 4.04. The average molecular weight is 323 g/mol. The highest BCUT2D eigenvalue weighted by atomic mass is 16.4. The molecule has 0 radical (unpaired) electrons. The van der Waals surface area contributed by atoms with Crippen molar-refractivity contribution in [1.29, 1.82) is 0 Å². The highest BCUT2D eigenvalue weighted by Crippen LogP contribution is 2.19. The van der Waals surface area contributed by atoms with Crippen molar-refractivity contribution >= 4 is 28.6 Å². The number of imidazole rings is 1. The van der Waals surface area contributed by atoms with Crippen LogP contribution in [-0.2, 0) is 11.3 Å². The van der Waals surface area contributed by atoms with E-state index in [9.17, 15) is 14.7 Å². The SMILES string of the molecule is Cc1ccc(NC(=O)Cn2cnc3cccc(C(=O)O)c32)cc1C. The van der Waals surface area contributed by atoms with Crippen LogP contribution in [0.3, 0.4) is 0 Å². The summed E-state index contributed by atoms with van der Waals surface area (Å²) in [6.07, 6.45) is 1.48. The Labute approximate surface area is 138 Å². The number of anilines is 1. The number of nitrogens with one attached hydrogen (secondary N) is 1. The molecule has 2 N–H and O–H groups in total. The number of aromatic nitrogens is 2. The Bertz CT molecular complexity index is 944. The zero-order valence-electron chi connectivity index (χ0n) is 13.4. The number of nitrogens with zero attached hydrogens (tertiary/aromatic N) is 2. The molecule has 2 aromatic carbocycles. The Balaban J connectivity index is 1.85. The summed E-state index contributed by atoms with van der Waals surface area (Å²) in [5.74, 6) is -1.28. The highest BCUT2D eigenvalue weighted by molar-refractivity contribution is 6.01. The van der Waals surface area contributed by atoms with E-state index in [1.807, 2.05) is 32.0 Å². The predicted octanol–water partition coefficient (Wildman–Crippen LogP) is 2.99. The maximum absolute atomic E-state index is 12.3. The molecule has 0 saturated heterocycles. The molecule has 0 spiro atoms. The molecule has 0 saturated carbocycles. The molecule has 3 aromatic rings. The third-order valence-electron chi connectivity index (χ3n) is 3.97. The molecule has 0 fully saturated rings. The van der Waals surface area contributed by atoms with Gasteiger partial charge in [0.25, 0.3) is 0 Å². The molecule has 6 heteroatoms. The zero-order chi connectivity index (χ0) is 17.3. The van der Waals surface area contributed by atoms with Crippen molar-refractivity contribution in [3.63, 3.8) is 0 Å². The molecule has 6 nitrogen and oxygen atoms in total. The number of carboxylic acids is 1. The quantitative estimate of drug-likeness (QED) is 0.773. The lowest BCUT2D eigenvalue weighted by Gasteiger charge is -2.09. The third-order valence-corrected chi connectivity index (χ3v) is 3.97. The van der Waals surface area contributed by atoms with Crippen molar-refractivity contribution in [2.45, 2.75) is 20.4 Å². The molecule has 3 rings (SSSR count). The molecular weight excluding hydrogens is 306 g/mol. The highest BCUT2D eigenvalue weighted by Gasteiger charge is 2.15. The largest absolute Gasteiger partial charge is 0.478 e. The van der Waals surface area contributed by atoms with Gasteiger partial charge in [-0.15, -0.1) is 0 Å². The van der Waals surface area contributed by atoms with Crippen molar-refractivity contribution in [1.82, 2.24) is 9.55 Å². The van der Waals surface area contributed by atoms with Crippen molar-refractivity contribution in [3.8, 4) is 0 Å². The summed E-state index contributed by atoms with van der Waals surface area (Å²) >= 11 is 0. The maximum Gasteiger partial charge on any atom is 0.337 e. The van der Waals surface area contributed by atoms with Crippen LogP contribution in [0.4, 0.5) is 5.69 Å². The van der Waals surface area contributed by atoms with Crippen LogP contribution in [-0.4, -0.2) is 26.5 Å². The first kappa shape index (κ1) is 15.7. The Hall–Kier alpha value is -3.15. The zero-order valence-corrected chi connectivity index (χ0v) is 13.4. The molecule has 0 aliphatic heterocycles. The van der Waals surface area contributed by atoms with Gasteiger partial charge in [0.15, 0.2) is 0 Å². The van der Waals surface area contributed by atoms with Crippen LogP contribution in [0, 0.1) is 13.8 Å². The molecule has 0 aliphatic carbocycles. The first-order chi connectivity index (χ1) is 11.5. The molecule has 24 heavy (non-hydrogen) atoms. The molecule has 0 atom stereocenters. The van der Waals surface area contributed by atoms with E-state index in [2.05, 4.69) is 10.3 Å². The van der Waals surface area contributed by atoms with Gasteiger partial charge in [0.1, 0.15) is 6.54 Å². The van der Waals surface area contributed by atoms with E-state index in [-0.39, 0.29) is 18.0 Å². The molecular formula is C18H17N3O3. The minimum absolute atomic E-state index is 0.00623. The van der Waals surface area contributed by atoms with Gasteiger partial charge in [0, 0.05) is 5.69 Å². The van der Waals surface area contributed by atoms with Crippen LogP contribution >= 0.6 is 0 Å². The van der Waals surface area contributed by atoms with Gasteiger partial charge in [-0.1, -0.05) is 12.1 Å². The molecule has 1 aromatic heterocycles. The van der Waals surface area contributed by atoms with E-state index in [4.69, 9.17) is 0 Å². The Morgan fingerprint density at radius 3 is 2.67 bits per heavy atom. The van der Waals surface area contributed by atoms with E-state index < -0.39 is 5.97 Å². The van der Waals surface area contributed by atoms with Gasteiger partial charge in [0.05, 0.1) is 22.9 Å². The molecule has 1 amide bonds. The second kappa shape index (κ2) is 6.16. The average Bonchev–Trinajstić information content (AvgIpc) is 2.94. The number of hydrogen-bond acceptors (Lipinski definition) is 3. The van der Waals surface area contributed by atoms with Crippen molar-refractivity contribution < 1.29 is 14.7 Å². The number of fused-ring (bicyclic) bond motifs is 1. The number of carboxylic acid groups (broad SMARTS) is 1. The Morgan fingerprint density at radius 1 is 1.17 bits per heavy atom. The van der Waals surface area contributed by atoms with Crippen molar-refractivity contribution in [2.24, 2.45) is 0 Å². The normalized spacial score (nSPS) is 10.8. The lowest BCUT2D eigenvalue weighted by molar-refractivity contribution is -0.116. The maximum atomic E-state index is 12.3. The first-order valence-corrected chi connectivity index (χ1v) is 7.50. The molecule has 0 bridgehead atoms. The fraction of sp³-hybridized carbons (Fsp3) is 0.167. The number of aromatic carboxylic acids is 1. The van der Waals surface area contributed by atoms with E-state index in [1.54, 1.807) is 16.7 Å². The smallest absolute Gasteiger partial charge is 0.337 e. The van der Waals surface area contributed by atoms with Crippen LogP contribution in [0.15, 0.2) is 42.7 Å². The molecule has 122 valence electrons. The topological polar surface area (TPSA) is 84.2 Å². The summed E-state index contributed by atoms with van der Waals surface area (Å²) in [7, 11) is 0. The van der Waals surface area contributed by atoms with Gasteiger partial charge >= 0.3 is 5.97 Å². The van der Waals surface area contributed by atoms with Gasteiger partial charge < -0.3 is 15.0 Å². The fourth-order valence-electron chi connectivity index (χ4n) is 2.59. The molecule has 1 heterocycles. The third kappa shape index (κ3) is 2.99. The van der Waals surface area contributed by atoms with Crippen molar-refractivity contribution in [2.75, 3.05) is 5.32 Å². The number of benzene rings is 2. The summed E-state index contributed by atoms with van der Waals surface area (Å²) in [6.45, 7) is 3.98. The van der Waals surface area contributed by atoms with E-state index >= 15 is 0 Å². The van der Waals surface area contributed by atoms with E-state index in [0.29, 0.717) is 16.7 Å². The Morgan fingerprint density at radius 2 is 1.96 bits per heavy atom. The summed E-state index contributed by atoms with van der Waals surface area (Å²) in [5.41, 5.74) is 4.08. The summed E-state index contributed by atoms with van der Waals surface area (Å²) in [4.78, 5) is 27.8. The second-order valence-electron chi connectivity index (χ2n) is 5.70. The van der Waals surface area contributed by atoms with Crippen LogP contribution < -0.4 is 5.32 Å². The minimum Gasteiger partial charge on any atom is -0.478 e. The monoisotopic (exact) mass is 323 g/mol. The lowest BCUT2D eigenvalue weighted by atomic mass is 10.1. The molecule has 0 aliphatic rings. The fourth-order valence-corrected chi connectivity index (χ4v) is 2.59.